The average molecular weight is 327 g/mol. The van der Waals surface area contributed by atoms with E-state index in [-0.39, 0.29) is 19.5 Å². The summed E-state index contributed by atoms with van der Waals surface area (Å²) in [5.74, 6) is -3.77. The molecule has 2 heterocycles. The summed E-state index contributed by atoms with van der Waals surface area (Å²) < 4.78 is 33.8. The molecule has 1 N–H and O–H groups in total. The number of hydrogen-bond donors (Lipinski definition) is 1. The highest BCUT2D eigenvalue weighted by Gasteiger charge is 2.46. The van der Waals surface area contributed by atoms with Gasteiger partial charge in [-0.05, 0) is 39.3 Å². The molecule has 1 aromatic heterocycles. The van der Waals surface area contributed by atoms with E-state index in [2.05, 4.69) is 10.3 Å². The molecule has 0 saturated carbocycles. The predicted molar refractivity (Wildman–Crippen MR) is 83.6 cm³/mol. The first-order valence-corrected chi connectivity index (χ1v) is 7.67. The number of likely N-dealkylation sites (tertiary alicyclic amines) is 1. The van der Waals surface area contributed by atoms with Crippen molar-refractivity contribution >= 4 is 11.8 Å². The van der Waals surface area contributed by atoms with Crippen molar-refractivity contribution in [2.24, 2.45) is 5.92 Å². The molecule has 1 fully saturated rings. The van der Waals surface area contributed by atoms with Crippen LogP contribution in [0.5, 0.6) is 0 Å². The SMILES string of the molecule is CC(C)(C)OC(=O)N1CCC(CNc2ccncc2)C(F)(F)C1. The minimum Gasteiger partial charge on any atom is -0.444 e. The Morgan fingerprint density at radius 3 is 2.65 bits per heavy atom. The van der Waals surface area contributed by atoms with Gasteiger partial charge in [0, 0.05) is 37.1 Å². The molecule has 1 unspecified atom stereocenters. The molecule has 23 heavy (non-hydrogen) atoms. The Bertz CT molecular complexity index is 532. The fraction of sp³-hybridized carbons (Fsp3) is 0.625. The number of halogens is 2. The number of ether oxygens (including phenoxy) is 1. The third kappa shape index (κ3) is 5.04. The van der Waals surface area contributed by atoms with Gasteiger partial charge in [-0.1, -0.05) is 0 Å². The average Bonchev–Trinajstić information content (AvgIpc) is 2.44. The maximum Gasteiger partial charge on any atom is 0.410 e. The molecule has 1 aliphatic rings. The topological polar surface area (TPSA) is 54.5 Å². The highest BCUT2D eigenvalue weighted by atomic mass is 19.3. The molecule has 7 heteroatoms. The van der Waals surface area contributed by atoms with Gasteiger partial charge in [-0.3, -0.25) is 4.98 Å². The van der Waals surface area contributed by atoms with E-state index in [4.69, 9.17) is 4.74 Å². The normalized spacial score (nSPS) is 20.9. The summed E-state index contributed by atoms with van der Waals surface area (Å²) in [6.45, 7) is 4.97. The summed E-state index contributed by atoms with van der Waals surface area (Å²) in [6, 6.07) is 3.46. The maximum atomic E-state index is 14.3. The second-order valence-electron chi connectivity index (χ2n) is 6.77. The third-order valence-electron chi connectivity index (χ3n) is 3.63. The molecule has 1 atom stereocenters. The van der Waals surface area contributed by atoms with E-state index < -0.39 is 30.1 Å². The Morgan fingerprint density at radius 2 is 2.09 bits per heavy atom. The van der Waals surface area contributed by atoms with Crippen LogP contribution in [0.2, 0.25) is 0 Å². The summed E-state index contributed by atoms with van der Waals surface area (Å²) in [7, 11) is 0. The highest BCUT2D eigenvalue weighted by Crippen LogP contribution is 2.33. The zero-order valence-corrected chi connectivity index (χ0v) is 13.7. The van der Waals surface area contributed by atoms with E-state index >= 15 is 0 Å². The van der Waals surface area contributed by atoms with Crippen LogP contribution in [-0.2, 0) is 4.74 Å². The van der Waals surface area contributed by atoms with Crippen molar-refractivity contribution in [3.8, 4) is 0 Å². The van der Waals surface area contributed by atoms with Crippen LogP contribution < -0.4 is 5.32 Å². The lowest BCUT2D eigenvalue weighted by atomic mass is 9.93. The van der Waals surface area contributed by atoms with Gasteiger partial charge in [-0.25, -0.2) is 13.6 Å². The fourth-order valence-electron chi connectivity index (χ4n) is 2.43. The number of amides is 1. The van der Waals surface area contributed by atoms with E-state index in [1.807, 2.05) is 0 Å². The molecule has 1 aliphatic heterocycles. The van der Waals surface area contributed by atoms with E-state index in [0.29, 0.717) is 0 Å². The summed E-state index contributed by atoms with van der Waals surface area (Å²) >= 11 is 0. The summed E-state index contributed by atoms with van der Waals surface area (Å²) in [5.41, 5.74) is 0.0666. The Morgan fingerprint density at radius 1 is 1.43 bits per heavy atom. The lowest BCUT2D eigenvalue weighted by molar-refractivity contribution is -0.106. The summed E-state index contributed by atoms with van der Waals surface area (Å²) in [4.78, 5) is 16.9. The molecule has 0 aliphatic carbocycles. The van der Waals surface area contributed by atoms with Crippen LogP contribution in [0.4, 0.5) is 19.3 Å². The van der Waals surface area contributed by atoms with Gasteiger partial charge in [0.05, 0.1) is 6.54 Å². The number of aromatic nitrogens is 1. The van der Waals surface area contributed by atoms with Crippen LogP contribution in [0.3, 0.4) is 0 Å². The molecule has 0 spiro atoms. The number of pyridine rings is 1. The quantitative estimate of drug-likeness (QED) is 0.924. The minimum atomic E-state index is -2.95. The van der Waals surface area contributed by atoms with Crippen molar-refractivity contribution in [2.75, 3.05) is 25.0 Å². The first kappa shape index (κ1) is 17.4. The molecule has 0 aromatic carbocycles. The van der Waals surface area contributed by atoms with Crippen LogP contribution >= 0.6 is 0 Å². The Hall–Kier alpha value is -1.92. The Labute approximate surface area is 135 Å². The van der Waals surface area contributed by atoms with Crippen LogP contribution in [0.25, 0.3) is 0 Å². The predicted octanol–water partition coefficient (Wildman–Crippen LogP) is 3.39. The zero-order valence-electron chi connectivity index (χ0n) is 13.7. The number of nitrogens with zero attached hydrogens (tertiary/aromatic N) is 2. The largest absolute Gasteiger partial charge is 0.444 e. The standard InChI is InChI=1S/C16H23F2N3O2/c1-15(2,3)23-14(22)21-9-6-12(16(17,18)11-21)10-20-13-4-7-19-8-5-13/h4-5,7-8,12H,6,9-11H2,1-3H3,(H,19,20). The number of piperidine rings is 1. The van der Waals surface area contributed by atoms with Gasteiger partial charge in [0.15, 0.2) is 0 Å². The van der Waals surface area contributed by atoms with Crippen LogP contribution in [0, 0.1) is 5.92 Å². The lowest BCUT2D eigenvalue weighted by Gasteiger charge is -2.38. The molecule has 0 radical (unpaired) electrons. The van der Waals surface area contributed by atoms with Gasteiger partial charge >= 0.3 is 6.09 Å². The number of rotatable bonds is 3. The molecule has 128 valence electrons. The van der Waals surface area contributed by atoms with Gasteiger partial charge in [-0.15, -0.1) is 0 Å². The Kier molecular flexibility index (Phi) is 5.06. The van der Waals surface area contributed by atoms with Crippen LogP contribution in [0.1, 0.15) is 27.2 Å². The third-order valence-corrected chi connectivity index (χ3v) is 3.63. The molecule has 1 amide bonds. The number of anilines is 1. The van der Waals surface area contributed by atoms with Crippen molar-refractivity contribution < 1.29 is 18.3 Å². The molecule has 2 rings (SSSR count). The Balaban J connectivity index is 1.91. The van der Waals surface area contributed by atoms with Crippen molar-refractivity contribution in [1.82, 2.24) is 9.88 Å². The molecule has 5 nitrogen and oxygen atoms in total. The summed E-state index contributed by atoms with van der Waals surface area (Å²) in [6.07, 6.45) is 2.75. The van der Waals surface area contributed by atoms with Gasteiger partial charge in [0.25, 0.3) is 5.92 Å². The molecule has 0 bridgehead atoms. The van der Waals surface area contributed by atoms with Gasteiger partial charge in [0.2, 0.25) is 0 Å². The number of nitrogens with one attached hydrogen (secondary N) is 1. The van der Waals surface area contributed by atoms with Crippen LogP contribution in [0.15, 0.2) is 24.5 Å². The van der Waals surface area contributed by atoms with E-state index in [9.17, 15) is 13.6 Å². The monoisotopic (exact) mass is 327 g/mol. The zero-order chi connectivity index (χ0) is 17.1. The van der Waals surface area contributed by atoms with Crippen molar-refractivity contribution in [1.29, 1.82) is 0 Å². The molecular weight excluding hydrogens is 304 g/mol. The van der Waals surface area contributed by atoms with Crippen molar-refractivity contribution in [3.63, 3.8) is 0 Å². The maximum absolute atomic E-state index is 14.3. The molecule has 1 aromatic rings. The molecule has 1 saturated heterocycles. The van der Waals surface area contributed by atoms with Crippen molar-refractivity contribution in [3.05, 3.63) is 24.5 Å². The van der Waals surface area contributed by atoms with E-state index in [0.717, 1.165) is 10.6 Å². The second kappa shape index (κ2) is 6.68. The highest BCUT2D eigenvalue weighted by molar-refractivity contribution is 5.68. The number of hydrogen-bond acceptors (Lipinski definition) is 4. The van der Waals surface area contributed by atoms with Crippen molar-refractivity contribution in [2.45, 2.75) is 38.7 Å². The minimum absolute atomic E-state index is 0.152. The van der Waals surface area contributed by atoms with E-state index in [1.54, 1.807) is 45.3 Å². The first-order chi connectivity index (χ1) is 10.7. The number of carbonyl (C=O) groups is 1. The number of carbonyl (C=O) groups excluding carboxylic acids is 1. The smallest absolute Gasteiger partial charge is 0.410 e. The first-order valence-electron chi connectivity index (χ1n) is 7.67. The van der Waals surface area contributed by atoms with Gasteiger partial charge in [-0.2, -0.15) is 0 Å². The lowest BCUT2D eigenvalue weighted by Crippen LogP contribution is -2.53. The summed E-state index contributed by atoms with van der Waals surface area (Å²) in [5, 5.41) is 3.00. The second-order valence-corrected chi connectivity index (χ2v) is 6.77. The van der Waals surface area contributed by atoms with Gasteiger partial charge < -0.3 is 15.0 Å². The fourth-order valence-corrected chi connectivity index (χ4v) is 2.43. The van der Waals surface area contributed by atoms with Crippen LogP contribution in [-0.4, -0.2) is 47.1 Å². The molecular formula is C16H23F2N3O2. The van der Waals surface area contributed by atoms with E-state index in [1.165, 1.54) is 0 Å². The van der Waals surface area contributed by atoms with Gasteiger partial charge in [0.1, 0.15) is 5.60 Å². The number of alkyl halides is 2.